The molecule has 1 saturated heterocycles. The number of β-amino-alcohol motifs (C(OH)–C–C–N with tert-alkyl or cyclic N) is 1. The number of ether oxygens (including phenoxy) is 2. The molecule has 0 spiro atoms. The molecule has 0 radical (unpaired) electrons. The van der Waals surface area contributed by atoms with Crippen molar-refractivity contribution in [1.82, 2.24) is 4.90 Å². The third-order valence-electron chi connectivity index (χ3n) is 3.47. The predicted octanol–water partition coefficient (Wildman–Crippen LogP) is 0.593. The van der Waals surface area contributed by atoms with Crippen LogP contribution in [0.2, 0.25) is 0 Å². The molecule has 0 aliphatic carbocycles. The second kappa shape index (κ2) is 5.09. The minimum absolute atomic E-state index is 0.0324. The molecule has 5 nitrogen and oxygen atoms in total. The van der Waals surface area contributed by atoms with E-state index in [1.54, 1.807) is 4.90 Å². The molecule has 1 fully saturated rings. The molecule has 1 amide bonds. The van der Waals surface area contributed by atoms with Crippen LogP contribution in [0.15, 0.2) is 18.2 Å². The summed E-state index contributed by atoms with van der Waals surface area (Å²) in [6.07, 6.45) is 0.503. The summed E-state index contributed by atoms with van der Waals surface area (Å²) in [7, 11) is 0. The van der Waals surface area contributed by atoms with Gasteiger partial charge in [0.05, 0.1) is 12.5 Å². The largest absolute Gasteiger partial charge is 0.486 e. The van der Waals surface area contributed by atoms with Crippen molar-refractivity contribution in [3.63, 3.8) is 0 Å². The van der Waals surface area contributed by atoms with Gasteiger partial charge in [-0.25, -0.2) is 0 Å². The van der Waals surface area contributed by atoms with Crippen LogP contribution in [0.4, 0.5) is 0 Å². The van der Waals surface area contributed by atoms with Crippen LogP contribution >= 0.6 is 0 Å². The number of carbonyl (C=O) groups is 1. The molecule has 5 heteroatoms. The van der Waals surface area contributed by atoms with Gasteiger partial charge in [0.2, 0.25) is 5.91 Å². The number of fused-ring (bicyclic) bond motifs is 1. The van der Waals surface area contributed by atoms with Crippen LogP contribution in [0.25, 0.3) is 0 Å². The van der Waals surface area contributed by atoms with Crippen LogP contribution in [0, 0.1) is 0 Å². The Hall–Kier alpha value is -1.75. The topological polar surface area (TPSA) is 59.0 Å². The first-order valence-electron chi connectivity index (χ1n) is 6.57. The molecule has 2 aliphatic rings. The van der Waals surface area contributed by atoms with Gasteiger partial charge in [0.25, 0.3) is 0 Å². The molecular weight excluding hydrogens is 246 g/mol. The highest BCUT2D eigenvalue weighted by atomic mass is 16.6. The molecule has 1 aromatic carbocycles. The fraction of sp³-hybridized carbons (Fsp3) is 0.500. The highest BCUT2D eigenvalue weighted by Gasteiger charge is 2.27. The van der Waals surface area contributed by atoms with Gasteiger partial charge in [-0.15, -0.1) is 0 Å². The normalized spacial score (nSPS) is 21.8. The summed E-state index contributed by atoms with van der Waals surface area (Å²) in [6, 6.07) is 5.86. The highest BCUT2D eigenvalue weighted by molar-refractivity contribution is 5.79. The minimum atomic E-state index is -0.507. The number of carbonyl (C=O) groups excluding carboxylic acids is 1. The molecule has 19 heavy (non-hydrogen) atoms. The number of hydrogen-bond donors (Lipinski definition) is 1. The third kappa shape index (κ3) is 2.66. The molecule has 3 rings (SSSR count). The van der Waals surface area contributed by atoms with E-state index in [9.17, 15) is 9.90 Å². The Balaban J connectivity index is 1.62. The smallest absolute Gasteiger partial charge is 0.225 e. The Labute approximate surface area is 111 Å². The summed E-state index contributed by atoms with van der Waals surface area (Å²) >= 11 is 0. The standard InChI is InChI=1S/C14H17NO4/c16-11-8-14(17)15(9-11)4-3-10-1-2-12-13(7-10)19-6-5-18-12/h1-2,7,11,16H,3-6,8-9H2. The zero-order chi connectivity index (χ0) is 13.2. The van der Waals surface area contributed by atoms with Gasteiger partial charge < -0.3 is 19.5 Å². The first-order valence-corrected chi connectivity index (χ1v) is 6.57. The Kier molecular flexibility index (Phi) is 3.29. The van der Waals surface area contributed by atoms with Gasteiger partial charge in [0.1, 0.15) is 13.2 Å². The van der Waals surface area contributed by atoms with Crippen LogP contribution in [0.3, 0.4) is 0 Å². The first-order chi connectivity index (χ1) is 9.22. The highest BCUT2D eigenvalue weighted by Crippen LogP contribution is 2.30. The van der Waals surface area contributed by atoms with Crippen molar-refractivity contribution in [3.05, 3.63) is 23.8 Å². The molecular formula is C14H17NO4. The summed E-state index contributed by atoms with van der Waals surface area (Å²) < 4.78 is 11.0. The molecule has 1 unspecified atom stereocenters. The molecule has 2 aliphatic heterocycles. The van der Waals surface area contributed by atoms with Gasteiger partial charge in [-0.3, -0.25) is 4.79 Å². The lowest BCUT2D eigenvalue weighted by atomic mass is 10.1. The monoisotopic (exact) mass is 263 g/mol. The van der Waals surface area contributed by atoms with Gasteiger partial charge in [-0.2, -0.15) is 0 Å². The van der Waals surface area contributed by atoms with E-state index in [4.69, 9.17) is 9.47 Å². The lowest BCUT2D eigenvalue weighted by molar-refractivity contribution is -0.127. The fourth-order valence-electron chi connectivity index (χ4n) is 2.47. The summed E-state index contributed by atoms with van der Waals surface area (Å²) in [5, 5.41) is 9.43. The average Bonchev–Trinajstić information content (AvgIpc) is 2.74. The van der Waals surface area contributed by atoms with Crippen molar-refractivity contribution >= 4 is 5.91 Å². The maximum Gasteiger partial charge on any atom is 0.225 e. The molecule has 1 N–H and O–H groups in total. The van der Waals surface area contributed by atoms with Crippen LogP contribution in [0.5, 0.6) is 11.5 Å². The van der Waals surface area contributed by atoms with E-state index in [0.717, 1.165) is 23.5 Å². The number of rotatable bonds is 3. The van der Waals surface area contributed by atoms with Gasteiger partial charge in [-0.05, 0) is 24.1 Å². The SMILES string of the molecule is O=C1CC(O)CN1CCc1ccc2c(c1)OCCO2. The Morgan fingerprint density at radius 2 is 2.05 bits per heavy atom. The zero-order valence-electron chi connectivity index (χ0n) is 10.7. The molecule has 0 saturated carbocycles. The second-order valence-corrected chi connectivity index (χ2v) is 4.93. The predicted molar refractivity (Wildman–Crippen MR) is 68.3 cm³/mol. The summed E-state index contributed by atoms with van der Waals surface area (Å²) in [5.41, 5.74) is 1.11. The Morgan fingerprint density at radius 1 is 1.26 bits per heavy atom. The maximum atomic E-state index is 11.6. The van der Waals surface area contributed by atoms with Crippen molar-refractivity contribution in [2.24, 2.45) is 0 Å². The molecule has 102 valence electrons. The third-order valence-corrected chi connectivity index (χ3v) is 3.47. The van der Waals surface area contributed by atoms with Crippen LogP contribution in [-0.2, 0) is 11.2 Å². The molecule has 1 aromatic rings. The fourth-order valence-corrected chi connectivity index (χ4v) is 2.47. The summed E-state index contributed by atoms with van der Waals surface area (Å²) in [4.78, 5) is 13.3. The molecule has 1 atom stereocenters. The van der Waals surface area contributed by atoms with Crippen LogP contribution in [0.1, 0.15) is 12.0 Å². The van der Waals surface area contributed by atoms with Gasteiger partial charge >= 0.3 is 0 Å². The average molecular weight is 263 g/mol. The number of likely N-dealkylation sites (tertiary alicyclic amines) is 1. The van der Waals surface area contributed by atoms with Crippen molar-refractivity contribution < 1.29 is 19.4 Å². The van der Waals surface area contributed by atoms with Crippen molar-refractivity contribution in [2.75, 3.05) is 26.3 Å². The maximum absolute atomic E-state index is 11.6. The lowest BCUT2D eigenvalue weighted by Gasteiger charge is -2.20. The molecule has 0 bridgehead atoms. The van der Waals surface area contributed by atoms with E-state index in [0.29, 0.717) is 26.3 Å². The van der Waals surface area contributed by atoms with Gasteiger partial charge in [-0.1, -0.05) is 6.07 Å². The first kappa shape index (κ1) is 12.3. The van der Waals surface area contributed by atoms with Crippen molar-refractivity contribution in [1.29, 1.82) is 0 Å². The number of hydrogen-bond acceptors (Lipinski definition) is 4. The quantitative estimate of drug-likeness (QED) is 0.867. The van der Waals surface area contributed by atoms with E-state index in [1.165, 1.54) is 0 Å². The molecule has 0 aromatic heterocycles. The number of amides is 1. The van der Waals surface area contributed by atoms with Gasteiger partial charge in [0, 0.05) is 13.1 Å². The minimum Gasteiger partial charge on any atom is -0.486 e. The number of aliphatic hydroxyl groups excluding tert-OH is 1. The number of benzene rings is 1. The zero-order valence-corrected chi connectivity index (χ0v) is 10.7. The van der Waals surface area contributed by atoms with E-state index in [-0.39, 0.29) is 12.3 Å². The number of aliphatic hydroxyl groups is 1. The van der Waals surface area contributed by atoms with Crippen LogP contribution < -0.4 is 9.47 Å². The summed E-state index contributed by atoms with van der Waals surface area (Å²) in [5.74, 6) is 1.59. The van der Waals surface area contributed by atoms with Gasteiger partial charge in [0.15, 0.2) is 11.5 Å². The van der Waals surface area contributed by atoms with Crippen LogP contribution in [-0.4, -0.2) is 48.3 Å². The molecule has 2 heterocycles. The van der Waals surface area contributed by atoms with E-state index in [2.05, 4.69) is 0 Å². The van der Waals surface area contributed by atoms with E-state index in [1.807, 2.05) is 18.2 Å². The Bertz CT molecular complexity index is 488. The van der Waals surface area contributed by atoms with E-state index >= 15 is 0 Å². The van der Waals surface area contributed by atoms with E-state index < -0.39 is 6.10 Å². The summed E-state index contributed by atoms with van der Waals surface area (Å²) in [6.45, 7) is 2.25. The lowest BCUT2D eigenvalue weighted by Crippen LogP contribution is -2.28. The second-order valence-electron chi connectivity index (χ2n) is 4.93. The van der Waals surface area contributed by atoms with Crippen molar-refractivity contribution in [3.8, 4) is 11.5 Å². The van der Waals surface area contributed by atoms with Crippen molar-refractivity contribution in [2.45, 2.75) is 18.9 Å². The number of nitrogens with zero attached hydrogens (tertiary/aromatic N) is 1. The Morgan fingerprint density at radius 3 is 2.79 bits per heavy atom.